The van der Waals surface area contributed by atoms with E-state index in [2.05, 4.69) is 4.98 Å². The van der Waals surface area contributed by atoms with Crippen LogP contribution in [0.1, 0.15) is 13.3 Å². The molecule has 0 unspecified atom stereocenters. The first-order valence-electron chi connectivity index (χ1n) is 6.39. The quantitative estimate of drug-likeness (QED) is 0.781. The zero-order valence-electron chi connectivity index (χ0n) is 12.0. The standard InChI is InChI=1S/C12H16N4O4S/c1-4-5-16-8-9(13-11(16)21-6-7(17)18)14(2)12(20)15(3)10(8)19/h4-6H2,1-3H3,(H,17,18). The van der Waals surface area contributed by atoms with Crippen molar-refractivity contribution >= 4 is 28.9 Å². The Morgan fingerprint density at radius 2 is 1.95 bits per heavy atom. The largest absolute Gasteiger partial charge is 0.481 e. The van der Waals surface area contributed by atoms with Gasteiger partial charge >= 0.3 is 11.7 Å². The van der Waals surface area contributed by atoms with E-state index >= 15 is 0 Å². The topological polar surface area (TPSA) is 99.1 Å². The monoisotopic (exact) mass is 312 g/mol. The molecule has 2 aromatic rings. The van der Waals surface area contributed by atoms with Gasteiger partial charge in [0.1, 0.15) is 0 Å². The molecular weight excluding hydrogens is 296 g/mol. The molecule has 1 N–H and O–H groups in total. The van der Waals surface area contributed by atoms with Crippen molar-refractivity contribution in [2.24, 2.45) is 14.1 Å². The molecular formula is C12H16N4O4S. The third kappa shape index (κ3) is 2.60. The second-order valence-electron chi connectivity index (χ2n) is 4.61. The second kappa shape index (κ2) is 5.76. The fourth-order valence-corrected chi connectivity index (χ4v) is 2.84. The van der Waals surface area contributed by atoms with Crippen LogP contribution in [0.4, 0.5) is 0 Å². The summed E-state index contributed by atoms with van der Waals surface area (Å²) in [6.45, 7) is 2.48. The van der Waals surface area contributed by atoms with Gasteiger partial charge in [0.25, 0.3) is 5.56 Å². The molecule has 0 saturated heterocycles. The molecule has 0 aliphatic heterocycles. The van der Waals surface area contributed by atoms with E-state index in [1.165, 1.54) is 11.6 Å². The number of carboxylic acid groups (broad SMARTS) is 1. The zero-order chi connectivity index (χ0) is 15.7. The van der Waals surface area contributed by atoms with E-state index in [0.717, 1.165) is 22.7 Å². The van der Waals surface area contributed by atoms with Crippen molar-refractivity contribution in [3.63, 3.8) is 0 Å². The fourth-order valence-electron chi connectivity index (χ4n) is 2.09. The van der Waals surface area contributed by atoms with Gasteiger partial charge in [-0.1, -0.05) is 18.7 Å². The Kier molecular flexibility index (Phi) is 4.21. The summed E-state index contributed by atoms with van der Waals surface area (Å²) in [5.41, 5.74) is -0.265. The van der Waals surface area contributed by atoms with Crippen LogP contribution in [0.25, 0.3) is 11.2 Å². The van der Waals surface area contributed by atoms with E-state index in [0.29, 0.717) is 17.2 Å². The Balaban J connectivity index is 2.76. The van der Waals surface area contributed by atoms with E-state index in [4.69, 9.17) is 5.11 Å². The maximum atomic E-state index is 12.3. The van der Waals surface area contributed by atoms with Gasteiger partial charge in [0.15, 0.2) is 16.3 Å². The molecule has 0 aliphatic rings. The number of imidazole rings is 1. The molecule has 0 spiro atoms. The summed E-state index contributed by atoms with van der Waals surface area (Å²) in [6, 6.07) is 0. The molecule has 0 bridgehead atoms. The number of aromatic nitrogens is 4. The molecule has 2 aromatic heterocycles. The van der Waals surface area contributed by atoms with Gasteiger partial charge < -0.3 is 9.67 Å². The molecule has 114 valence electrons. The fraction of sp³-hybridized carbons (Fsp3) is 0.500. The minimum atomic E-state index is -0.961. The van der Waals surface area contributed by atoms with E-state index in [-0.39, 0.29) is 11.4 Å². The van der Waals surface area contributed by atoms with E-state index < -0.39 is 17.2 Å². The maximum absolute atomic E-state index is 12.3. The predicted octanol–water partition coefficient (Wildman–Crippen LogP) is 0.0204. The van der Waals surface area contributed by atoms with Crippen LogP contribution in [0.3, 0.4) is 0 Å². The van der Waals surface area contributed by atoms with Gasteiger partial charge in [0.05, 0.1) is 5.75 Å². The van der Waals surface area contributed by atoms with Gasteiger partial charge in [0.2, 0.25) is 0 Å². The molecule has 21 heavy (non-hydrogen) atoms. The molecule has 2 rings (SSSR count). The van der Waals surface area contributed by atoms with E-state index in [1.54, 1.807) is 11.6 Å². The van der Waals surface area contributed by atoms with Gasteiger partial charge in [0, 0.05) is 20.6 Å². The third-order valence-corrected chi connectivity index (χ3v) is 4.05. The summed E-state index contributed by atoms with van der Waals surface area (Å²) in [4.78, 5) is 39.2. The summed E-state index contributed by atoms with van der Waals surface area (Å²) < 4.78 is 4.01. The van der Waals surface area contributed by atoms with Crippen molar-refractivity contribution in [1.29, 1.82) is 0 Å². The number of rotatable bonds is 5. The van der Waals surface area contributed by atoms with Crippen LogP contribution in [0.5, 0.6) is 0 Å². The molecule has 0 atom stereocenters. The van der Waals surface area contributed by atoms with Crippen molar-refractivity contribution < 1.29 is 9.90 Å². The Morgan fingerprint density at radius 3 is 2.52 bits per heavy atom. The van der Waals surface area contributed by atoms with Gasteiger partial charge in [-0.2, -0.15) is 0 Å². The van der Waals surface area contributed by atoms with Gasteiger partial charge in [-0.05, 0) is 6.42 Å². The van der Waals surface area contributed by atoms with Crippen molar-refractivity contribution in [3.05, 3.63) is 20.8 Å². The lowest BCUT2D eigenvalue weighted by atomic mass is 10.4. The molecule has 0 saturated carbocycles. The summed E-state index contributed by atoms with van der Waals surface area (Å²) >= 11 is 1.04. The van der Waals surface area contributed by atoms with Crippen LogP contribution in [-0.4, -0.2) is 35.5 Å². The molecule has 0 fully saturated rings. The van der Waals surface area contributed by atoms with Crippen LogP contribution >= 0.6 is 11.8 Å². The Hall–Kier alpha value is -2.03. The van der Waals surface area contributed by atoms with Gasteiger partial charge in [-0.15, -0.1) is 0 Å². The van der Waals surface area contributed by atoms with Crippen LogP contribution in [0.2, 0.25) is 0 Å². The lowest BCUT2D eigenvalue weighted by Gasteiger charge is -2.07. The second-order valence-corrected chi connectivity index (χ2v) is 5.55. The first-order valence-corrected chi connectivity index (χ1v) is 7.37. The highest BCUT2D eigenvalue weighted by Crippen LogP contribution is 2.21. The van der Waals surface area contributed by atoms with Gasteiger partial charge in [-0.25, -0.2) is 9.78 Å². The molecule has 0 aliphatic carbocycles. The molecule has 0 amide bonds. The maximum Gasteiger partial charge on any atom is 0.332 e. The van der Waals surface area contributed by atoms with E-state index in [1.807, 2.05) is 6.92 Å². The number of aliphatic carboxylic acids is 1. The summed E-state index contributed by atoms with van der Waals surface area (Å²) in [6.07, 6.45) is 0.762. The molecule has 0 radical (unpaired) electrons. The van der Waals surface area contributed by atoms with Crippen molar-refractivity contribution in [3.8, 4) is 0 Å². The van der Waals surface area contributed by atoms with Crippen LogP contribution in [-0.2, 0) is 25.4 Å². The molecule has 2 heterocycles. The SMILES string of the molecule is CCCn1c(SCC(=O)O)nc2c1c(=O)n(C)c(=O)n2C. The number of aryl methyl sites for hydroxylation is 2. The minimum absolute atomic E-state index is 0.151. The van der Waals surface area contributed by atoms with Gasteiger partial charge in [-0.3, -0.25) is 18.7 Å². The highest BCUT2D eigenvalue weighted by atomic mass is 32.2. The smallest absolute Gasteiger partial charge is 0.332 e. The van der Waals surface area contributed by atoms with Crippen molar-refractivity contribution in [2.75, 3.05) is 5.75 Å². The first-order chi connectivity index (χ1) is 9.88. The third-order valence-electron chi connectivity index (χ3n) is 3.08. The predicted molar refractivity (Wildman–Crippen MR) is 78.9 cm³/mol. The highest BCUT2D eigenvalue weighted by molar-refractivity contribution is 7.99. The number of carbonyl (C=O) groups is 1. The summed E-state index contributed by atoms with van der Waals surface area (Å²) in [7, 11) is 2.95. The summed E-state index contributed by atoms with van der Waals surface area (Å²) in [5.74, 6) is -1.11. The zero-order valence-corrected chi connectivity index (χ0v) is 12.8. The normalized spacial score (nSPS) is 11.2. The molecule has 0 aromatic carbocycles. The lowest BCUT2D eigenvalue weighted by molar-refractivity contribution is -0.133. The number of nitrogens with zero attached hydrogens (tertiary/aromatic N) is 4. The van der Waals surface area contributed by atoms with Crippen molar-refractivity contribution in [2.45, 2.75) is 25.0 Å². The number of thioether (sulfide) groups is 1. The van der Waals surface area contributed by atoms with Crippen LogP contribution in [0.15, 0.2) is 14.7 Å². The number of carboxylic acids is 1. The Bertz CT molecular complexity index is 817. The molecule has 8 nitrogen and oxygen atoms in total. The number of hydrogen-bond acceptors (Lipinski definition) is 5. The summed E-state index contributed by atoms with van der Waals surface area (Å²) in [5, 5.41) is 9.23. The average molecular weight is 312 g/mol. The first kappa shape index (κ1) is 15.4. The van der Waals surface area contributed by atoms with Crippen LogP contribution < -0.4 is 11.2 Å². The minimum Gasteiger partial charge on any atom is -0.481 e. The van der Waals surface area contributed by atoms with E-state index in [9.17, 15) is 14.4 Å². The lowest BCUT2D eigenvalue weighted by Crippen LogP contribution is -2.37. The Morgan fingerprint density at radius 1 is 1.29 bits per heavy atom. The number of hydrogen-bond donors (Lipinski definition) is 1. The average Bonchev–Trinajstić information content (AvgIpc) is 2.80. The Labute approximate surface area is 124 Å². The highest BCUT2D eigenvalue weighted by Gasteiger charge is 2.19. The number of fused-ring (bicyclic) bond motifs is 1. The van der Waals surface area contributed by atoms with Crippen LogP contribution in [0, 0.1) is 0 Å². The van der Waals surface area contributed by atoms with Crippen molar-refractivity contribution in [1.82, 2.24) is 18.7 Å². The molecule has 9 heteroatoms.